The Morgan fingerprint density at radius 3 is 2.32 bits per heavy atom. The Morgan fingerprint density at radius 2 is 1.78 bits per heavy atom. The summed E-state index contributed by atoms with van der Waals surface area (Å²) in [5.74, 6) is -6.53. The van der Waals surface area contributed by atoms with E-state index in [0.29, 0.717) is 24.2 Å². The molecule has 4 atom stereocenters. The summed E-state index contributed by atoms with van der Waals surface area (Å²) in [6.07, 6.45) is 1.20. The van der Waals surface area contributed by atoms with Gasteiger partial charge in [-0.3, -0.25) is 19.3 Å². The Hall–Kier alpha value is -3.41. The van der Waals surface area contributed by atoms with Gasteiger partial charge in [0.1, 0.15) is 22.8 Å². The van der Waals surface area contributed by atoms with Gasteiger partial charge in [0.05, 0.1) is 11.6 Å². The fourth-order valence-electron chi connectivity index (χ4n) is 6.57. The van der Waals surface area contributed by atoms with Crippen molar-refractivity contribution in [2.45, 2.75) is 58.2 Å². The number of aliphatic hydroxyl groups excluding tert-OH is 2. The van der Waals surface area contributed by atoms with Crippen molar-refractivity contribution >= 4 is 28.9 Å². The molecule has 3 aliphatic carbocycles. The third kappa shape index (κ3) is 4.89. The summed E-state index contributed by atoms with van der Waals surface area (Å²) in [5.41, 5.74) is 3.90. The van der Waals surface area contributed by atoms with E-state index in [1.54, 1.807) is 14.1 Å². The lowest BCUT2D eigenvalue weighted by atomic mass is 9.57. The van der Waals surface area contributed by atoms with Crippen LogP contribution in [-0.4, -0.2) is 89.2 Å². The first-order chi connectivity index (χ1) is 18.9. The quantitative estimate of drug-likeness (QED) is 0.208. The molecule has 4 rings (SSSR count). The molecule has 1 saturated carbocycles. The highest BCUT2D eigenvalue weighted by atomic mass is 16.3. The van der Waals surface area contributed by atoms with Crippen LogP contribution in [0.4, 0.5) is 5.69 Å². The molecule has 0 saturated heterocycles. The minimum Gasteiger partial charge on any atom is -0.508 e. The van der Waals surface area contributed by atoms with E-state index < -0.39 is 58.0 Å². The van der Waals surface area contributed by atoms with Crippen LogP contribution in [0.3, 0.4) is 0 Å². The minimum absolute atomic E-state index is 0.0511. The number of aromatic hydroxyl groups is 1. The summed E-state index contributed by atoms with van der Waals surface area (Å²) >= 11 is 0. The van der Waals surface area contributed by atoms with Crippen molar-refractivity contribution in [3.8, 4) is 5.75 Å². The molecule has 1 fully saturated rings. The number of anilines is 1. The van der Waals surface area contributed by atoms with Gasteiger partial charge in [-0.2, -0.15) is 0 Å². The van der Waals surface area contributed by atoms with E-state index in [-0.39, 0.29) is 35.1 Å². The number of likely N-dealkylation sites (N-methyl/N-ethyl adjacent to an activating group) is 1. The van der Waals surface area contributed by atoms with Crippen LogP contribution in [-0.2, 0) is 27.3 Å². The number of ketones is 2. The molecule has 41 heavy (non-hydrogen) atoms. The number of fused-ring (bicyclic) bond motifs is 3. The Labute approximate surface area is 240 Å². The molecule has 1 aromatic carbocycles. The number of nitrogens with two attached hydrogens (primary N) is 1. The van der Waals surface area contributed by atoms with E-state index in [9.17, 15) is 34.8 Å². The molecule has 0 spiro atoms. The predicted octanol–water partition coefficient (Wildman–Crippen LogP) is 1.56. The molecular weight excluding hydrogens is 528 g/mol. The highest BCUT2D eigenvalue weighted by Gasteiger charge is 2.64. The van der Waals surface area contributed by atoms with Crippen molar-refractivity contribution in [3.05, 3.63) is 39.7 Å². The zero-order valence-electron chi connectivity index (χ0n) is 24.8. The number of amides is 1. The van der Waals surface area contributed by atoms with Gasteiger partial charge < -0.3 is 36.4 Å². The van der Waals surface area contributed by atoms with Gasteiger partial charge in [-0.1, -0.05) is 20.8 Å². The number of nitrogens with zero attached hydrogens (tertiary/aromatic N) is 2. The van der Waals surface area contributed by atoms with Crippen LogP contribution in [0.1, 0.15) is 50.3 Å². The Bertz CT molecular complexity index is 1370. The monoisotopic (exact) mass is 570 g/mol. The van der Waals surface area contributed by atoms with E-state index in [4.69, 9.17) is 5.73 Å². The van der Waals surface area contributed by atoms with E-state index in [1.807, 2.05) is 25.1 Å². The standard InChI is InChI=1S/C30H42N4O7/c1-29(2,3)8-9-32-13-15-12-18(33(4)5)16-10-14-11-17-22(34(6)7)25(37)21(28(31)40)27(39)30(17,41)26(38)19(14)24(36)20(16)23(15)35/h12,14,17,22,32,35-36,39,41H,8-11,13H2,1-7H3,(H2,31,40)/t14-,17-,22?,30-/m1/s1. The van der Waals surface area contributed by atoms with Gasteiger partial charge in [0.25, 0.3) is 5.91 Å². The Balaban J connectivity index is 1.87. The minimum atomic E-state index is -2.66. The maximum Gasteiger partial charge on any atom is 0.255 e. The fraction of sp³-hybridized carbons (Fsp3) is 0.567. The van der Waals surface area contributed by atoms with Crippen molar-refractivity contribution in [2.75, 3.05) is 39.6 Å². The van der Waals surface area contributed by atoms with Gasteiger partial charge >= 0.3 is 0 Å². The van der Waals surface area contributed by atoms with Crippen molar-refractivity contribution < 1.29 is 34.8 Å². The Kier molecular flexibility index (Phi) is 7.79. The summed E-state index contributed by atoms with van der Waals surface area (Å²) < 4.78 is 0. The molecule has 3 aliphatic rings. The third-order valence-electron chi connectivity index (χ3n) is 8.63. The van der Waals surface area contributed by atoms with E-state index >= 15 is 0 Å². The van der Waals surface area contributed by atoms with Crippen LogP contribution in [0, 0.1) is 17.3 Å². The van der Waals surface area contributed by atoms with Crippen molar-refractivity contribution in [1.29, 1.82) is 0 Å². The lowest BCUT2D eigenvalue weighted by Crippen LogP contribution is -2.65. The van der Waals surface area contributed by atoms with Crippen molar-refractivity contribution in [3.63, 3.8) is 0 Å². The SMILES string of the molecule is CN(C)c1cc(CNCCC(C)(C)C)c(O)c2c1C[C@@H]1C[C@@H]3C(N(C)C)C(=O)C(C(N)=O)=C(O)[C@]3(O)C(=O)C1=C2O. The average molecular weight is 571 g/mol. The molecule has 11 heteroatoms. The molecule has 11 nitrogen and oxygen atoms in total. The molecular formula is C30H42N4O7. The van der Waals surface area contributed by atoms with Gasteiger partial charge in [0, 0.05) is 43.4 Å². The van der Waals surface area contributed by atoms with Crippen LogP contribution >= 0.6 is 0 Å². The van der Waals surface area contributed by atoms with Crippen LogP contribution in [0.5, 0.6) is 5.75 Å². The second-order valence-electron chi connectivity index (χ2n) is 13.1. The van der Waals surface area contributed by atoms with E-state index in [2.05, 4.69) is 26.1 Å². The van der Waals surface area contributed by atoms with Crippen LogP contribution in [0.25, 0.3) is 5.76 Å². The molecule has 7 N–H and O–H groups in total. The van der Waals surface area contributed by atoms with Crippen molar-refractivity contribution in [1.82, 2.24) is 10.2 Å². The molecule has 224 valence electrons. The molecule has 0 aromatic heterocycles. The summed E-state index contributed by atoms with van der Waals surface area (Å²) in [6, 6.07) is 0.744. The summed E-state index contributed by atoms with van der Waals surface area (Å²) in [5, 5.41) is 49.1. The van der Waals surface area contributed by atoms with Gasteiger partial charge in [0.2, 0.25) is 5.78 Å². The number of Topliss-reactive ketones (excluding diaryl/α,β-unsaturated/α-hetero) is 2. The van der Waals surface area contributed by atoms with Gasteiger partial charge in [0.15, 0.2) is 11.4 Å². The summed E-state index contributed by atoms with van der Waals surface area (Å²) in [4.78, 5) is 42.8. The summed E-state index contributed by atoms with van der Waals surface area (Å²) in [7, 11) is 6.85. The van der Waals surface area contributed by atoms with Crippen LogP contribution in [0.2, 0.25) is 0 Å². The second kappa shape index (κ2) is 10.5. The first-order valence-electron chi connectivity index (χ1n) is 13.8. The number of hydrogen-bond donors (Lipinski definition) is 6. The number of aliphatic hydroxyl groups is 3. The second-order valence-corrected chi connectivity index (χ2v) is 13.1. The number of phenolic OH excluding ortho intramolecular Hbond substituents is 1. The van der Waals surface area contributed by atoms with Crippen LogP contribution in [0.15, 0.2) is 23.0 Å². The zero-order valence-corrected chi connectivity index (χ0v) is 24.8. The highest BCUT2D eigenvalue weighted by Crippen LogP contribution is 2.54. The lowest BCUT2D eigenvalue weighted by Gasteiger charge is -2.50. The summed E-state index contributed by atoms with van der Waals surface area (Å²) in [6.45, 7) is 7.44. The first-order valence-corrected chi connectivity index (χ1v) is 13.8. The molecule has 0 bridgehead atoms. The van der Waals surface area contributed by atoms with Crippen LogP contribution < -0.4 is 16.0 Å². The number of carbonyl (C=O) groups is 3. The zero-order chi connectivity index (χ0) is 30.8. The van der Waals surface area contributed by atoms with Gasteiger partial charge in [-0.05, 0) is 62.9 Å². The maximum atomic E-state index is 14.1. The molecule has 0 radical (unpaired) electrons. The first kappa shape index (κ1) is 30.5. The molecule has 0 heterocycles. The van der Waals surface area contributed by atoms with E-state index in [0.717, 1.165) is 12.1 Å². The van der Waals surface area contributed by atoms with E-state index in [1.165, 1.54) is 4.90 Å². The fourth-order valence-corrected chi connectivity index (χ4v) is 6.57. The average Bonchev–Trinajstić information content (AvgIpc) is 2.83. The molecule has 1 unspecified atom stereocenters. The highest BCUT2D eigenvalue weighted by molar-refractivity contribution is 6.24. The number of nitrogens with one attached hydrogen (secondary N) is 1. The predicted molar refractivity (Wildman–Crippen MR) is 154 cm³/mol. The van der Waals surface area contributed by atoms with Gasteiger partial charge in [-0.25, -0.2) is 0 Å². The third-order valence-corrected chi connectivity index (χ3v) is 8.63. The normalized spacial score (nSPS) is 26.2. The number of rotatable bonds is 7. The van der Waals surface area contributed by atoms with Crippen molar-refractivity contribution in [2.24, 2.45) is 23.0 Å². The number of hydrogen-bond acceptors (Lipinski definition) is 10. The lowest BCUT2D eigenvalue weighted by molar-refractivity contribution is -0.153. The molecule has 1 amide bonds. The van der Waals surface area contributed by atoms with Gasteiger partial charge in [-0.15, -0.1) is 0 Å². The number of carbonyl (C=O) groups excluding carboxylic acids is 3. The Morgan fingerprint density at radius 1 is 1.15 bits per heavy atom. The number of primary amides is 1. The maximum absolute atomic E-state index is 14.1. The topological polar surface area (TPSA) is 177 Å². The number of benzene rings is 1. The molecule has 1 aromatic rings. The smallest absolute Gasteiger partial charge is 0.255 e. The molecule has 0 aliphatic heterocycles. The largest absolute Gasteiger partial charge is 0.508 e. The number of phenols is 1.